The molecule has 26 heavy (non-hydrogen) atoms. The van der Waals surface area contributed by atoms with Gasteiger partial charge in [0.05, 0.1) is 11.6 Å². The zero-order valence-electron chi connectivity index (χ0n) is 14.5. The van der Waals surface area contributed by atoms with E-state index in [1.165, 1.54) is 6.07 Å². The largest absolute Gasteiger partial charge is 0.481 e. The number of benzene rings is 1. The molecule has 0 bridgehead atoms. The van der Waals surface area contributed by atoms with E-state index >= 15 is 0 Å². The second kappa shape index (κ2) is 7.51. The van der Waals surface area contributed by atoms with Crippen LogP contribution in [0.3, 0.4) is 0 Å². The van der Waals surface area contributed by atoms with Crippen molar-refractivity contribution in [3.8, 4) is 5.69 Å². The third-order valence-corrected chi connectivity index (χ3v) is 4.73. The van der Waals surface area contributed by atoms with Crippen LogP contribution in [0.2, 0.25) is 0 Å². The Morgan fingerprint density at radius 2 is 1.81 bits per heavy atom. The molecule has 0 aliphatic heterocycles. The number of nitrogens with one attached hydrogen (secondary N) is 1. The maximum absolute atomic E-state index is 12.5. The number of aromatic nitrogens is 2. The van der Waals surface area contributed by atoms with Crippen molar-refractivity contribution < 1.29 is 14.7 Å². The molecule has 1 aliphatic carbocycles. The topological polar surface area (TPSA) is 101 Å². The molecular formula is C19H21N3O4. The molecule has 7 nitrogen and oxygen atoms in total. The molecule has 7 heteroatoms. The van der Waals surface area contributed by atoms with Crippen molar-refractivity contribution in [2.45, 2.75) is 38.6 Å². The highest BCUT2D eigenvalue weighted by Crippen LogP contribution is 2.24. The number of para-hydroxylation sites is 1. The fourth-order valence-corrected chi connectivity index (χ4v) is 3.27. The number of amides is 1. The quantitative estimate of drug-likeness (QED) is 0.872. The van der Waals surface area contributed by atoms with E-state index < -0.39 is 17.3 Å². The number of aliphatic carboxylic acids is 1. The van der Waals surface area contributed by atoms with Gasteiger partial charge in [-0.15, -0.1) is 0 Å². The highest BCUT2D eigenvalue weighted by Gasteiger charge is 2.27. The van der Waals surface area contributed by atoms with Gasteiger partial charge < -0.3 is 10.4 Å². The van der Waals surface area contributed by atoms with Crippen LogP contribution in [0.4, 0.5) is 0 Å². The second-order valence-electron chi connectivity index (χ2n) is 6.61. The van der Waals surface area contributed by atoms with Crippen molar-refractivity contribution in [1.29, 1.82) is 0 Å². The Hall–Kier alpha value is -2.96. The van der Waals surface area contributed by atoms with Crippen molar-refractivity contribution in [2.24, 2.45) is 5.92 Å². The Morgan fingerprint density at radius 3 is 2.42 bits per heavy atom. The van der Waals surface area contributed by atoms with Crippen LogP contribution in [0.5, 0.6) is 0 Å². The molecule has 0 atom stereocenters. The summed E-state index contributed by atoms with van der Waals surface area (Å²) < 4.78 is 1.57. The van der Waals surface area contributed by atoms with Crippen molar-refractivity contribution in [2.75, 3.05) is 0 Å². The lowest BCUT2D eigenvalue weighted by atomic mass is 9.86. The minimum Gasteiger partial charge on any atom is -0.481 e. The maximum atomic E-state index is 12.5. The van der Waals surface area contributed by atoms with Gasteiger partial charge in [-0.25, -0.2) is 4.68 Å². The minimum absolute atomic E-state index is 0.134. The van der Waals surface area contributed by atoms with Crippen LogP contribution in [0.1, 0.15) is 41.9 Å². The Bertz CT molecular complexity index is 868. The first-order valence-electron chi connectivity index (χ1n) is 8.66. The van der Waals surface area contributed by atoms with E-state index in [0.717, 1.165) is 5.69 Å². The summed E-state index contributed by atoms with van der Waals surface area (Å²) >= 11 is 0. The first-order chi connectivity index (χ1) is 12.5. The average Bonchev–Trinajstić information content (AvgIpc) is 2.63. The van der Waals surface area contributed by atoms with Gasteiger partial charge >= 0.3 is 5.97 Å². The van der Waals surface area contributed by atoms with Crippen LogP contribution < -0.4 is 10.7 Å². The lowest BCUT2D eigenvalue weighted by Gasteiger charge is -2.26. The number of carbonyl (C=O) groups excluding carboxylic acids is 1. The van der Waals surface area contributed by atoms with Crippen molar-refractivity contribution in [3.05, 3.63) is 58.0 Å². The first kappa shape index (κ1) is 17.8. The van der Waals surface area contributed by atoms with Gasteiger partial charge in [0.15, 0.2) is 5.69 Å². The molecule has 1 heterocycles. The van der Waals surface area contributed by atoms with Crippen molar-refractivity contribution >= 4 is 11.9 Å². The molecule has 0 saturated heterocycles. The lowest BCUT2D eigenvalue weighted by molar-refractivity contribution is -0.142. The van der Waals surface area contributed by atoms with E-state index in [0.29, 0.717) is 31.4 Å². The molecule has 0 spiro atoms. The van der Waals surface area contributed by atoms with Gasteiger partial charge in [-0.2, -0.15) is 5.10 Å². The number of carboxylic acid groups (broad SMARTS) is 1. The Balaban J connectivity index is 1.78. The zero-order chi connectivity index (χ0) is 18.7. The standard InChI is InChI=1S/C19H21N3O4/c1-12-11-16(23)17(21-22(12)15-5-3-2-4-6-15)18(24)20-14-9-7-13(8-10-14)19(25)26/h2-6,11,13-14H,7-10H2,1H3,(H,20,24)(H,25,26). The molecule has 1 amide bonds. The van der Waals surface area contributed by atoms with Gasteiger partial charge in [0, 0.05) is 17.8 Å². The Labute approximate surface area is 150 Å². The summed E-state index contributed by atoms with van der Waals surface area (Å²) in [6.45, 7) is 1.76. The molecule has 0 unspecified atom stereocenters. The van der Waals surface area contributed by atoms with Crippen LogP contribution in [0.15, 0.2) is 41.2 Å². The predicted octanol–water partition coefficient (Wildman–Crippen LogP) is 1.91. The van der Waals surface area contributed by atoms with Crippen LogP contribution in [0.25, 0.3) is 5.69 Å². The molecule has 1 saturated carbocycles. The van der Waals surface area contributed by atoms with Crippen molar-refractivity contribution in [1.82, 2.24) is 15.1 Å². The summed E-state index contributed by atoms with van der Waals surface area (Å²) in [4.78, 5) is 35.8. The number of nitrogens with zero attached hydrogens (tertiary/aromatic N) is 2. The second-order valence-corrected chi connectivity index (χ2v) is 6.61. The van der Waals surface area contributed by atoms with Crippen LogP contribution in [-0.2, 0) is 4.79 Å². The van der Waals surface area contributed by atoms with Gasteiger partial charge in [0.25, 0.3) is 5.91 Å². The maximum Gasteiger partial charge on any atom is 0.306 e. The van der Waals surface area contributed by atoms with Gasteiger partial charge in [-0.3, -0.25) is 14.4 Å². The summed E-state index contributed by atoms with van der Waals surface area (Å²) in [5, 5.41) is 16.1. The van der Waals surface area contributed by atoms with Crippen LogP contribution >= 0.6 is 0 Å². The molecule has 1 aliphatic rings. The van der Waals surface area contributed by atoms with Crippen molar-refractivity contribution in [3.63, 3.8) is 0 Å². The highest BCUT2D eigenvalue weighted by molar-refractivity contribution is 5.92. The third kappa shape index (κ3) is 3.82. The predicted molar refractivity (Wildman–Crippen MR) is 95.4 cm³/mol. The number of carboxylic acids is 1. The Morgan fingerprint density at radius 1 is 1.15 bits per heavy atom. The normalized spacial score (nSPS) is 19.7. The third-order valence-electron chi connectivity index (χ3n) is 4.73. The molecule has 1 aromatic carbocycles. The summed E-state index contributed by atoms with van der Waals surface area (Å²) in [6.07, 6.45) is 2.22. The molecule has 1 fully saturated rings. The van der Waals surface area contributed by atoms with E-state index in [2.05, 4.69) is 10.4 Å². The van der Waals surface area contributed by atoms with E-state index in [9.17, 15) is 14.4 Å². The monoisotopic (exact) mass is 355 g/mol. The number of hydrogen-bond donors (Lipinski definition) is 2. The molecule has 2 aromatic rings. The minimum atomic E-state index is -0.791. The molecular weight excluding hydrogens is 334 g/mol. The SMILES string of the molecule is Cc1cc(=O)c(C(=O)NC2CCC(C(=O)O)CC2)nn1-c1ccccc1. The smallest absolute Gasteiger partial charge is 0.306 e. The lowest BCUT2D eigenvalue weighted by Crippen LogP contribution is -2.41. The molecule has 136 valence electrons. The van der Waals surface area contributed by atoms with E-state index in [-0.39, 0.29) is 17.7 Å². The van der Waals surface area contributed by atoms with E-state index in [1.807, 2.05) is 30.3 Å². The fourth-order valence-electron chi connectivity index (χ4n) is 3.27. The first-order valence-corrected chi connectivity index (χ1v) is 8.66. The molecule has 2 N–H and O–H groups in total. The molecule has 0 radical (unpaired) electrons. The van der Waals surface area contributed by atoms with Gasteiger partial charge in [-0.05, 0) is 44.7 Å². The Kier molecular flexibility index (Phi) is 5.16. The van der Waals surface area contributed by atoms with E-state index in [1.54, 1.807) is 11.6 Å². The summed E-state index contributed by atoms with van der Waals surface area (Å²) in [5.41, 5.74) is 0.826. The average molecular weight is 355 g/mol. The number of aryl methyl sites for hydroxylation is 1. The highest BCUT2D eigenvalue weighted by atomic mass is 16.4. The number of carbonyl (C=O) groups is 2. The fraction of sp³-hybridized carbons (Fsp3) is 0.368. The molecule has 1 aromatic heterocycles. The number of rotatable bonds is 4. The zero-order valence-corrected chi connectivity index (χ0v) is 14.5. The summed E-state index contributed by atoms with van der Waals surface area (Å²) in [6, 6.07) is 10.5. The van der Waals surface area contributed by atoms with Gasteiger partial charge in [0.2, 0.25) is 5.43 Å². The summed E-state index contributed by atoms with van der Waals surface area (Å²) in [5.74, 6) is -1.66. The van der Waals surface area contributed by atoms with Gasteiger partial charge in [-0.1, -0.05) is 18.2 Å². The van der Waals surface area contributed by atoms with E-state index in [4.69, 9.17) is 5.11 Å². The number of hydrogen-bond acceptors (Lipinski definition) is 4. The molecule has 3 rings (SSSR count). The van der Waals surface area contributed by atoms with Crippen LogP contribution in [-0.4, -0.2) is 32.8 Å². The summed E-state index contributed by atoms with van der Waals surface area (Å²) in [7, 11) is 0. The van der Waals surface area contributed by atoms with Gasteiger partial charge in [0.1, 0.15) is 0 Å². The van der Waals surface area contributed by atoms with Crippen LogP contribution in [0, 0.1) is 12.8 Å².